The van der Waals surface area contributed by atoms with Crippen molar-refractivity contribution in [2.24, 2.45) is 0 Å². The van der Waals surface area contributed by atoms with E-state index >= 15 is 0 Å². The molecule has 11 heteroatoms. The van der Waals surface area contributed by atoms with Crippen molar-refractivity contribution < 1.29 is 27.5 Å². The number of thiophene rings is 1. The molecule has 1 aliphatic heterocycles. The van der Waals surface area contributed by atoms with E-state index in [2.05, 4.69) is 15.6 Å². The van der Waals surface area contributed by atoms with Crippen molar-refractivity contribution in [3.8, 4) is 11.5 Å². The number of hydrazine groups is 1. The summed E-state index contributed by atoms with van der Waals surface area (Å²) in [6.07, 6.45) is -0.956. The fourth-order valence-corrected chi connectivity index (χ4v) is 4.87. The molecule has 0 fully saturated rings. The Labute approximate surface area is 182 Å². The molecule has 160 valence electrons. The third-order valence-electron chi connectivity index (χ3n) is 4.28. The molecule has 0 saturated heterocycles. The zero-order chi connectivity index (χ0) is 21.8. The molecular formula is C20H17N3O6S2. The summed E-state index contributed by atoms with van der Waals surface area (Å²) in [5.74, 6) is -0.356. The number of nitrogens with one attached hydrogen (secondary N) is 3. The molecule has 1 aliphatic rings. The van der Waals surface area contributed by atoms with Gasteiger partial charge >= 0.3 is 0 Å². The van der Waals surface area contributed by atoms with E-state index in [9.17, 15) is 18.0 Å². The van der Waals surface area contributed by atoms with Crippen molar-refractivity contribution in [3.05, 3.63) is 71.6 Å². The summed E-state index contributed by atoms with van der Waals surface area (Å²) in [6, 6.07) is 16.1. The van der Waals surface area contributed by atoms with Crippen LogP contribution < -0.4 is 25.0 Å². The minimum absolute atomic E-state index is 0.0179. The minimum Gasteiger partial charge on any atom is -0.485 e. The Kier molecular flexibility index (Phi) is 5.78. The predicted molar refractivity (Wildman–Crippen MR) is 114 cm³/mol. The zero-order valence-electron chi connectivity index (χ0n) is 15.9. The molecule has 1 aromatic heterocycles. The highest BCUT2D eigenvalue weighted by Gasteiger charge is 2.28. The second kappa shape index (κ2) is 8.66. The standard InChI is InChI=1S/C20H17N3O6S2/c24-19(21-22-20(25)17-12-28-15-8-3-4-9-16(15)29-17)13-6-1-2-7-14(13)23-31(26,27)18-10-5-11-30-18/h1-11,17,23H,12H2,(H,21,24)(H,22,25). The van der Waals surface area contributed by atoms with Gasteiger partial charge in [0.15, 0.2) is 11.5 Å². The molecule has 0 saturated carbocycles. The average molecular weight is 460 g/mol. The zero-order valence-corrected chi connectivity index (χ0v) is 17.5. The number of para-hydroxylation sites is 3. The van der Waals surface area contributed by atoms with E-state index in [0.717, 1.165) is 11.3 Å². The van der Waals surface area contributed by atoms with Gasteiger partial charge in [0.25, 0.3) is 21.8 Å². The van der Waals surface area contributed by atoms with E-state index in [1.54, 1.807) is 47.8 Å². The Morgan fingerprint density at radius 2 is 1.68 bits per heavy atom. The molecule has 2 aromatic carbocycles. The van der Waals surface area contributed by atoms with Crippen LogP contribution in [0.1, 0.15) is 10.4 Å². The van der Waals surface area contributed by atoms with Gasteiger partial charge in [-0.1, -0.05) is 30.3 Å². The van der Waals surface area contributed by atoms with E-state index in [1.165, 1.54) is 18.2 Å². The Balaban J connectivity index is 1.41. The van der Waals surface area contributed by atoms with E-state index < -0.39 is 27.9 Å². The molecule has 0 radical (unpaired) electrons. The molecule has 0 bridgehead atoms. The first kappa shape index (κ1) is 20.7. The van der Waals surface area contributed by atoms with Crippen LogP contribution in [0.3, 0.4) is 0 Å². The molecule has 9 nitrogen and oxygen atoms in total. The Morgan fingerprint density at radius 3 is 2.45 bits per heavy atom. The van der Waals surface area contributed by atoms with Crippen molar-refractivity contribution in [2.45, 2.75) is 10.3 Å². The molecule has 3 aromatic rings. The summed E-state index contributed by atoms with van der Waals surface area (Å²) in [4.78, 5) is 25.0. The smallest absolute Gasteiger partial charge is 0.283 e. The number of rotatable bonds is 5. The lowest BCUT2D eigenvalue weighted by Crippen LogP contribution is -2.50. The third kappa shape index (κ3) is 4.62. The maximum Gasteiger partial charge on any atom is 0.283 e. The number of benzene rings is 2. The molecule has 2 amide bonds. The quantitative estimate of drug-likeness (QED) is 0.503. The van der Waals surface area contributed by atoms with Gasteiger partial charge < -0.3 is 9.47 Å². The number of hydrogen-bond acceptors (Lipinski definition) is 7. The summed E-state index contributed by atoms with van der Waals surface area (Å²) in [5.41, 5.74) is 4.67. The second-order valence-corrected chi connectivity index (χ2v) is 9.25. The molecule has 31 heavy (non-hydrogen) atoms. The van der Waals surface area contributed by atoms with Gasteiger partial charge in [-0.2, -0.15) is 0 Å². The monoisotopic (exact) mass is 459 g/mol. The van der Waals surface area contributed by atoms with Gasteiger partial charge in [-0.25, -0.2) is 8.42 Å². The number of ether oxygens (including phenoxy) is 2. The predicted octanol–water partition coefficient (Wildman–Crippen LogP) is 2.15. The fourth-order valence-electron chi connectivity index (χ4n) is 2.80. The maximum atomic E-state index is 12.6. The molecule has 0 spiro atoms. The van der Waals surface area contributed by atoms with Gasteiger partial charge in [0.1, 0.15) is 10.8 Å². The van der Waals surface area contributed by atoms with Gasteiger partial charge in [0.05, 0.1) is 11.3 Å². The summed E-state index contributed by atoms with van der Waals surface area (Å²) in [7, 11) is -3.84. The molecule has 2 heterocycles. The minimum atomic E-state index is -3.84. The van der Waals surface area contributed by atoms with Crippen LogP contribution in [0.2, 0.25) is 0 Å². The van der Waals surface area contributed by atoms with Gasteiger partial charge in [-0.15, -0.1) is 11.3 Å². The lowest BCUT2D eigenvalue weighted by molar-refractivity contribution is -0.131. The summed E-state index contributed by atoms with van der Waals surface area (Å²) >= 11 is 1.05. The van der Waals surface area contributed by atoms with Crippen LogP contribution in [0.5, 0.6) is 11.5 Å². The van der Waals surface area contributed by atoms with Crippen LogP contribution in [-0.2, 0) is 14.8 Å². The van der Waals surface area contributed by atoms with Crippen LogP contribution in [0.25, 0.3) is 0 Å². The SMILES string of the molecule is O=C(NNC(=O)C1COc2ccccc2O1)c1ccccc1NS(=O)(=O)c1cccs1. The summed E-state index contributed by atoms with van der Waals surface area (Å²) < 4.78 is 38.5. The fraction of sp³-hybridized carbons (Fsp3) is 0.100. The highest BCUT2D eigenvalue weighted by molar-refractivity contribution is 7.94. The van der Waals surface area contributed by atoms with Gasteiger partial charge in [0.2, 0.25) is 6.10 Å². The molecule has 4 rings (SSSR count). The lowest BCUT2D eigenvalue weighted by atomic mass is 10.2. The molecule has 0 aliphatic carbocycles. The number of anilines is 1. The number of carbonyl (C=O) groups excluding carboxylic acids is 2. The normalized spacial score (nSPS) is 15.0. The maximum absolute atomic E-state index is 12.6. The van der Waals surface area contributed by atoms with Crippen LogP contribution in [0, 0.1) is 0 Å². The largest absolute Gasteiger partial charge is 0.485 e. The van der Waals surface area contributed by atoms with Crippen molar-refractivity contribution in [1.29, 1.82) is 0 Å². The van der Waals surface area contributed by atoms with Gasteiger partial charge in [-0.3, -0.25) is 25.2 Å². The number of fused-ring (bicyclic) bond motifs is 1. The van der Waals surface area contributed by atoms with Crippen LogP contribution >= 0.6 is 11.3 Å². The number of hydrogen-bond donors (Lipinski definition) is 3. The van der Waals surface area contributed by atoms with Crippen LogP contribution in [-0.4, -0.2) is 32.9 Å². The van der Waals surface area contributed by atoms with Gasteiger partial charge in [-0.05, 0) is 35.7 Å². The molecule has 3 N–H and O–H groups in total. The lowest BCUT2D eigenvalue weighted by Gasteiger charge is -2.25. The summed E-state index contributed by atoms with van der Waals surface area (Å²) in [6.45, 7) is -0.0179. The van der Waals surface area contributed by atoms with Gasteiger partial charge in [0, 0.05) is 0 Å². The number of carbonyl (C=O) groups is 2. The second-order valence-electron chi connectivity index (χ2n) is 6.39. The molecular weight excluding hydrogens is 442 g/mol. The first-order chi connectivity index (χ1) is 14.9. The first-order valence-electron chi connectivity index (χ1n) is 9.08. The van der Waals surface area contributed by atoms with E-state index in [0.29, 0.717) is 11.5 Å². The number of sulfonamides is 1. The van der Waals surface area contributed by atoms with Crippen molar-refractivity contribution in [1.82, 2.24) is 10.9 Å². The van der Waals surface area contributed by atoms with E-state index in [4.69, 9.17) is 9.47 Å². The van der Waals surface area contributed by atoms with Crippen LogP contribution in [0.4, 0.5) is 5.69 Å². The van der Waals surface area contributed by atoms with Crippen molar-refractivity contribution in [3.63, 3.8) is 0 Å². The topological polar surface area (TPSA) is 123 Å². The third-order valence-corrected chi connectivity index (χ3v) is 7.04. The van der Waals surface area contributed by atoms with E-state index in [-0.39, 0.29) is 22.1 Å². The highest BCUT2D eigenvalue weighted by Crippen LogP contribution is 2.30. The van der Waals surface area contributed by atoms with Crippen molar-refractivity contribution in [2.75, 3.05) is 11.3 Å². The Bertz CT molecular complexity index is 1210. The summed E-state index contributed by atoms with van der Waals surface area (Å²) in [5, 5.41) is 1.64. The molecule has 1 unspecified atom stereocenters. The van der Waals surface area contributed by atoms with Crippen LogP contribution in [0.15, 0.2) is 70.3 Å². The highest BCUT2D eigenvalue weighted by atomic mass is 32.2. The first-order valence-corrected chi connectivity index (χ1v) is 11.4. The van der Waals surface area contributed by atoms with Crippen molar-refractivity contribution >= 4 is 38.9 Å². The number of amides is 2. The average Bonchev–Trinajstić information content (AvgIpc) is 3.33. The molecule has 1 atom stereocenters. The Morgan fingerprint density at radius 1 is 0.935 bits per heavy atom. The Hall–Kier alpha value is -3.57. The van der Waals surface area contributed by atoms with E-state index in [1.807, 2.05) is 0 Å².